The molecule has 1 heterocycles. The summed E-state index contributed by atoms with van der Waals surface area (Å²) in [4.78, 5) is 11.9. The Morgan fingerprint density at radius 3 is 2.93 bits per heavy atom. The zero-order valence-electron chi connectivity index (χ0n) is 9.20. The summed E-state index contributed by atoms with van der Waals surface area (Å²) in [6.07, 6.45) is 6.72. The van der Waals surface area contributed by atoms with Crippen molar-refractivity contribution in [3.05, 3.63) is 24.0 Å². The first-order valence-electron chi connectivity index (χ1n) is 5.77. The van der Waals surface area contributed by atoms with Crippen LogP contribution in [0.5, 0.6) is 0 Å². The Bertz CT molecular complexity index is 337. The van der Waals surface area contributed by atoms with Crippen LogP contribution < -0.4 is 5.32 Å². The van der Waals surface area contributed by atoms with E-state index >= 15 is 0 Å². The summed E-state index contributed by atoms with van der Waals surface area (Å²) in [5.74, 6) is 0.0775. The van der Waals surface area contributed by atoms with E-state index in [0.29, 0.717) is 6.04 Å². The third kappa shape index (κ3) is 2.22. The van der Waals surface area contributed by atoms with E-state index in [4.69, 9.17) is 0 Å². The molecule has 1 aromatic heterocycles. The standard InChI is InChI=1S/C12H18N2O/c1-2-14-9-5-8-11(14)12(15)13-10-6-3-4-7-10/h5,8-10H,2-4,6-7H2,1H3,(H,13,15). The highest BCUT2D eigenvalue weighted by Gasteiger charge is 2.19. The van der Waals surface area contributed by atoms with Crippen LogP contribution in [0, 0.1) is 0 Å². The number of aryl methyl sites for hydroxylation is 1. The molecule has 1 aromatic rings. The zero-order valence-corrected chi connectivity index (χ0v) is 9.20. The number of rotatable bonds is 3. The minimum Gasteiger partial charge on any atom is -0.348 e. The normalized spacial score (nSPS) is 16.9. The van der Waals surface area contributed by atoms with Crippen molar-refractivity contribution < 1.29 is 4.79 Å². The van der Waals surface area contributed by atoms with Crippen molar-refractivity contribution in [2.45, 2.75) is 45.2 Å². The summed E-state index contributed by atoms with van der Waals surface area (Å²) >= 11 is 0. The highest BCUT2D eigenvalue weighted by atomic mass is 16.2. The van der Waals surface area contributed by atoms with E-state index in [1.165, 1.54) is 12.8 Å². The highest BCUT2D eigenvalue weighted by molar-refractivity contribution is 5.92. The van der Waals surface area contributed by atoms with E-state index in [1.807, 2.05) is 29.8 Å². The van der Waals surface area contributed by atoms with Gasteiger partial charge in [-0.15, -0.1) is 0 Å². The van der Waals surface area contributed by atoms with Gasteiger partial charge in [-0.05, 0) is 31.9 Å². The van der Waals surface area contributed by atoms with Crippen LogP contribution in [-0.2, 0) is 6.54 Å². The summed E-state index contributed by atoms with van der Waals surface area (Å²) in [7, 11) is 0. The number of aromatic nitrogens is 1. The molecule has 0 atom stereocenters. The Morgan fingerprint density at radius 2 is 2.27 bits per heavy atom. The first kappa shape index (κ1) is 10.3. The van der Waals surface area contributed by atoms with Crippen LogP contribution in [0.3, 0.4) is 0 Å². The number of hydrogen-bond acceptors (Lipinski definition) is 1. The third-order valence-electron chi connectivity index (χ3n) is 3.09. The molecule has 82 valence electrons. The SMILES string of the molecule is CCn1cccc1C(=O)NC1CCCC1. The molecule has 1 aliphatic carbocycles. The van der Waals surface area contributed by atoms with Crippen LogP contribution in [0.4, 0.5) is 0 Å². The van der Waals surface area contributed by atoms with Gasteiger partial charge in [0.15, 0.2) is 0 Å². The molecule has 15 heavy (non-hydrogen) atoms. The molecule has 0 bridgehead atoms. The molecular formula is C12H18N2O. The molecule has 0 spiro atoms. The van der Waals surface area contributed by atoms with Crippen molar-refractivity contribution in [1.29, 1.82) is 0 Å². The number of carbonyl (C=O) groups is 1. The van der Waals surface area contributed by atoms with E-state index in [0.717, 1.165) is 25.1 Å². The summed E-state index contributed by atoms with van der Waals surface area (Å²) in [5.41, 5.74) is 0.782. The van der Waals surface area contributed by atoms with Crippen molar-refractivity contribution in [2.75, 3.05) is 0 Å². The van der Waals surface area contributed by atoms with Gasteiger partial charge in [0.1, 0.15) is 5.69 Å². The van der Waals surface area contributed by atoms with Crippen LogP contribution in [0.1, 0.15) is 43.1 Å². The van der Waals surface area contributed by atoms with Crippen LogP contribution in [0.2, 0.25) is 0 Å². The van der Waals surface area contributed by atoms with Crippen LogP contribution in [0.25, 0.3) is 0 Å². The van der Waals surface area contributed by atoms with Gasteiger partial charge < -0.3 is 9.88 Å². The highest BCUT2D eigenvalue weighted by Crippen LogP contribution is 2.18. The van der Waals surface area contributed by atoms with Crippen molar-refractivity contribution in [2.24, 2.45) is 0 Å². The fraction of sp³-hybridized carbons (Fsp3) is 0.583. The number of carbonyl (C=O) groups excluding carboxylic acids is 1. The van der Waals surface area contributed by atoms with E-state index in [9.17, 15) is 4.79 Å². The topological polar surface area (TPSA) is 34.0 Å². The fourth-order valence-electron chi connectivity index (χ4n) is 2.23. The lowest BCUT2D eigenvalue weighted by Gasteiger charge is -2.12. The molecule has 1 aliphatic rings. The molecule has 2 rings (SSSR count). The Morgan fingerprint density at radius 1 is 1.53 bits per heavy atom. The van der Waals surface area contributed by atoms with Crippen LogP contribution in [-0.4, -0.2) is 16.5 Å². The molecule has 1 fully saturated rings. The van der Waals surface area contributed by atoms with Gasteiger partial charge >= 0.3 is 0 Å². The van der Waals surface area contributed by atoms with Gasteiger partial charge in [0.25, 0.3) is 5.91 Å². The van der Waals surface area contributed by atoms with E-state index in [2.05, 4.69) is 5.32 Å². The van der Waals surface area contributed by atoms with E-state index < -0.39 is 0 Å². The second-order valence-electron chi connectivity index (χ2n) is 4.13. The molecule has 0 aliphatic heterocycles. The quantitative estimate of drug-likeness (QED) is 0.808. The number of nitrogens with zero attached hydrogens (tertiary/aromatic N) is 1. The number of amides is 1. The molecule has 0 saturated heterocycles. The Balaban J connectivity index is 2.00. The first-order chi connectivity index (χ1) is 7.31. The minimum absolute atomic E-state index is 0.0775. The molecule has 0 radical (unpaired) electrons. The van der Waals surface area contributed by atoms with E-state index in [1.54, 1.807) is 0 Å². The van der Waals surface area contributed by atoms with Crippen molar-refractivity contribution >= 4 is 5.91 Å². The molecule has 3 nitrogen and oxygen atoms in total. The first-order valence-corrected chi connectivity index (χ1v) is 5.77. The van der Waals surface area contributed by atoms with E-state index in [-0.39, 0.29) is 5.91 Å². The van der Waals surface area contributed by atoms with Gasteiger partial charge in [0.05, 0.1) is 0 Å². The Hall–Kier alpha value is -1.25. The molecule has 1 N–H and O–H groups in total. The lowest BCUT2D eigenvalue weighted by molar-refractivity contribution is 0.0928. The molecular weight excluding hydrogens is 188 g/mol. The predicted octanol–water partition coefficient (Wildman–Crippen LogP) is 2.18. The largest absolute Gasteiger partial charge is 0.348 e. The summed E-state index contributed by atoms with van der Waals surface area (Å²) in [6, 6.07) is 4.21. The third-order valence-corrected chi connectivity index (χ3v) is 3.09. The van der Waals surface area contributed by atoms with Crippen molar-refractivity contribution in [3.63, 3.8) is 0 Å². The molecule has 3 heteroatoms. The Labute approximate surface area is 90.5 Å². The maximum atomic E-state index is 11.9. The predicted molar refractivity (Wildman–Crippen MR) is 59.8 cm³/mol. The molecule has 0 unspecified atom stereocenters. The summed E-state index contributed by atoms with van der Waals surface area (Å²) in [5, 5.41) is 3.10. The van der Waals surface area contributed by atoms with Crippen molar-refractivity contribution in [3.8, 4) is 0 Å². The smallest absolute Gasteiger partial charge is 0.268 e. The van der Waals surface area contributed by atoms with Gasteiger partial charge in [-0.1, -0.05) is 12.8 Å². The molecule has 1 saturated carbocycles. The average molecular weight is 206 g/mol. The van der Waals surface area contributed by atoms with Crippen LogP contribution >= 0.6 is 0 Å². The average Bonchev–Trinajstić information content (AvgIpc) is 2.86. The minimum atomic E-state index is 0.0775. The van der Waals surface area contributed by atoms with Gasteiger partial charge in [0.2, 0.25) is 0 Å². The lowest BCUT2D eigenvalue weighted by Crippen LogP contribution is -2.33. The maximum Gasteiger partial charge on any atom is 0.268 e. The monoisotopic (exact) mass is 206 g/mol. The van der Waals surface area contributed by atoms with Crippen molar-refractivity contribution in [1.82, 2.24) is 9.88 Å². The van der Waals surface area contributed by atoms with Crippen LogP contribution in [0.15, 0.2) is 18.3 Å². The van der Waals surface area contributed by atoms with Gasteiger partial charge in [-0.2, -0.15) is 0 Å². The fourth-order valence-corrected chi connectivity index (χ4v) is 2.23. The second kappa shape index (κ2) is 4.51. The number of nitrogens with one attached hydrogen (secondary N) is 1. The summed E-state index contributed by atoms with van der Waals surface area (Å²) in [6.45, 7) is 2.90. The Kier molecular flexibility index (Phi) is 3.09. The lowest BCUT2D eigenvalue weighted by atomic mass is 10.2. The van der Waals surface area contributed by atoms with Gasteiger partial charge in [0, 0.05) is 18.8 Å². The van der Waals surface area contributed by atoms with Gasteiger partial charge in [-0.25, -0.2) is 0 Å². The summed E-state index contributed by atoms with van der Waals surface area (Å²) < 4.78 is 1.98. The zero-order chi connectivity index (χ0) is 10.7. The molecule has 1 amide bonds. The maximum absolute atomic E-state index is 11.9. The van der Waals surface area contributed by atoms with Gasteiger partial charge in [-0.3, -0.25) is 4.79 Å². The number of hydrogen-bond donors (Lipinski definition) is 1. The second-order valence-corrected chi connectivity index (χ2v) is 4.13. The molecule has 0 aromatic carbocycles.